The van der Waals surface area contributed by atoms with Crippen LogP contribution in [0.1, 0.15) is 10.4 Å². The van der Waals surface area contributed by atoms with Gasteiger partial charge in [0.2, 0.25) is 0 Å². The highest BCUT2D eigenvalue weighted by Gasteiger charge is 2.33. The predicted molar refractivity (Wildman–Crippen MR) is 75.8 cm³/mol. The maximum Gasteiger partial charge on any atom is 0.427 e. The number of nitrogens with one attached hydrogen (secondary N) is 1. The van der Waals surface area contributed by atoms with Gasteiger partial charge in [0, 0.05) is 25.1 Å². The van der Waals surface area contributed by atoms with E-state index in [9.17, 15) is 13.2 Å². The van der Waals surface area contributed by atoms with Crippen LogP contribution in [-0.2, 0) is 12.7 Å². The number of hydrogen-bond acceptors (Lipinski definition) is 5. The second kappa shape index (κ2) is 5.76. The van der Waals surface area contributed by atoms with Gasteiger partial charge >= 0.3 is 6.18 Å². The van der Waals surface area contributed by atoms with Crippen LogP contribution in [0.5, 0.6) is 0 Å². The lowest BCUT2D eigenvalue weighted by atomic mass is 10.2. The van der Waals surface area contributed by atoms with E-state index in [0.717, 1.165) is 11.8 Å². The first-order chi connectivity index (χ1) is 10.5. The van der Waals surface area contributed by atoms with E-state index in [1.54, 1.807) is 41.5 Å². The summed E-state index contributed by atoms with van der Waals surface area (Å²) in [6, 6.07) is 5.36. The Labute approximate surface area is 127 Å². The molecule has 0 aliphatic rings. The number of hydrogen-bond donors (Lipinski definition) is 1. The monoisotopic (exact) mass is 325 g/mol. The molecule has 3 aromatic rings. The second-order valence-corrected chi connectivity index (χ2v) is 5.38. The summed E-state index contributed by atoms with van der Waals surface area (Å²) >= 11 is 0.581. The highest BCUT2D eigenvalue weighted by atomic mass is 32.1. The Hall–Kier alpha value is -2.42. The Morgan fingerprint density at radius 1 is 1.23 bits per heavy atom. The van der Waals surface area contributed by atoms with Crippen molar-refractivity contribution < 1.29 is 13.2 Å². The third kappa shape index (κ3) is 3.25. The molecule has 0 aliphatic carbocycles. The zero-order valence-electron chi connectivity index (χ0n) is 11.1. The van der Waals surface area contributed by atoms with Gasteiger partial charge in [-0.25, -0.2) is 14.6 Å². The van der Waals surface area contributed by atoms with Crippen LogP contribution in [0, 0.1) is 0 Å². The van der Waals surface area contributed by atoms with Gasteiger partial charge in [0.1, 0.15) is 4.88 Å². The molecule has 9 heteroatoms. The van der Waals surface area contributed by atoms with Crippen molar-refractivity contribution in [1.29, 1.82) is 0 Å². The molecule has 0 saturated heterocycles. The minimum atomic E-state index is -4.36. The fraction of sp³-hybridized carbons (Fsp3) is 0.154. The minimum Gasteiger partial charge on any atom is -0.357 e. The molecule has 22 heavy (non-hydrogen) atoms. The molecule has 0 bridgehead atoms. The Balaban J connectivity index is 1.69. The van der Waals surface area contributed by atoms with Crippen LogP contribution < -0.4 is 5.32 Å². The summed E-state index contributed by atoms with van der Waals surface area (Å²) < 4.78 is 39.1. The lowest BCUT2D eigenvalue weighted by Gasteiger charge is -2.05. The predicted octanol–water partition coefficient (Wildman–Crippen LogP) is 3.35. The zero-order chi connectivity index (χ0) is 15.6. The van der Waals surface area contributed by atoms with Gasteiger partial charge in [-0.15, -0.1) is 0 Å². The van der Waals surface area contributed by atoms with E-state index >= 15 is 0 Å². The number of anilines is 1. The molecular formula is C13H10F3N5S. The molecular weight excluding hydrogens is 315 g/mol. The fourth-order valence-electron chi connectivity index (χ4n) is 1.76. The van der Waals surface area contributed by atoms with E-state index in [1.165, 1.54) is 0 Å². The Bertz CT molecular complexity index is 751. The van der Waals surface area contributed by atoms with Crippen molar-refractivity contribution in [2.45, 2.75) is 12.7 Å². The smallest absolute Gasteiger partial charge is 0.357 e. The molecule has 1 N–H and O–H groups in total. The maximum atomic E-state index is 12.5. The van der Waals surface area contributed by atoms with Crippen molar-refractivity contribution in [3.05, 3.63) is 53.4 Å². The van der Waals surface area contributed by atoms with Crippen molar-refractivity contribution in [3.63, 3.8) is 0 Å². The number of thiazole rings is 1. The second-order valence-electron chi connectivity index (χ2n) is 4.35. The Morgan fingerprint density at radius 2 is 2.09 bits per heavy atom. The van der Waals surface area contributed by atoms with Gasteiger partial charge in [0.05, 0.1) is 6.20 Å². The van der Waals surface area contributed by atoms with Crippen LogP contribution in [0.15, 0.2) is 43.0 Å². The molecule has 0 radical (unpaired) electrons. The quantitative estimate of drug-likeness (QED) is 0.799. The SMILES string of the molecule is FC(F)(F)c1cnc(NCc2ccnc(-n3cccn3)c2)s1. The largest absolute Gasteiger partial charge is 0.427 e. The maximum absolute atomic E-state index is 12.5. The minimum absolute atomic E-state index is 0.227. The number of halogens is 3. The molecule has 0 aliphatic heterocycles. The molecule has 3 aromatic heterocycles. The van der Waals surface area contributed by atoms with Crippen molar-refractivity contribution in [2.24, 2.45) is 0 Å². The van der Waals surface area contributed by atoms with Crippen molar-refractivity contribution >= 4 is 16.5 Å². The summed E-state index contributed by atoms with van der Waals surface area (Å²) in [5.41, 5.74) is 0.865. The lowest BCUT2D eigenvalue weighted by Crippen LogP contribution is -2.03. The van der Waals surface area contributed by atoms with Crippen LogP contribution in [-0.4, -0.2) is 19.7 Å². The standard InChI is InChI=1S/C13H10F3N5S/c14-13(15,16)10-8-19-12(22-10)18-7-9-2-4-17-11(6-9)21-5-1-3-20-21/h1-6,8H,7H2,(H,18,19). The molecule has 0 amide bonds. The van der Waals surface area contributed by atoms with Gasteiger partial charge in [-0.3, -0.25) is 0 Å². The highest BCUT2D eigenvalue weighted by molar-refractivity contribution is 7.15. The van der Waals surface area contributed by atoms with Gasteiger partial charge in [0.15, 0.2) is 10.9 Å². The van der Waals surface area contributed by atoms with Crippen LogP contribution in [0.3, 0.4) is 0 Å². The highest BCUT2D eigenvalue weighted by Crippen LogP contribution is 2.35. The first-order valence-corrected chi connectivity index (χ1v) is 7.06. The van der Waals surface area contributed by atoms with E-state index in [4.69, 9.17) is 0 Å². The van der Waals surface area contributed by atoms with Gasteiger partial charge in [0.25, 0.3) is 0 Å². The number of nitrogens with zero attached hydrogens (tertiary/aromatic N) is 4. The van der Waals surface area contributed by atoms with Gasteiger partial charge < -0.3 is 5.32 Å². The van der Waals surface area contributed by atoms with Crippen LogP contribution in [0.4, 0.5) is 18.3 Å². The zero-order valence-corrected chi connectivity index (χ0v) is 11.9. The van der Waals surface area contributed by atoms with Crippen LogP contribution >= 0.6 is 11.3 Å². The molecule has 0 spiro atoms. The Morgan fingerprint density at radius 3 is 2.77 bits per heavy atom. The number of pyridine rings is 1. The Kier molecular flexibility index (Phi) is 3.80. The molecule has 0 fully saturated rings. The van der Waals surface area contributed by atoms with Gasteiger partial charge in [-0.1, -0.05) is 11.3 Å². The van der Waals surface area contributed by atoms with E-state index in [0.29, 0.717) is 23.7 Å². The topological polar surface area (TPSA) is 55.6 Å². The first kappa shape index (κ1) is 14.5. The van der Waals surface area contributed by atoms with Crippen molar-refractivity contribution in [3.8, 4) is 5.82 Å². The molecule has 114 valence electrons. The molecule has 0 unspecified atom stereocenters. The van der Waals surface area contributed by atoms with E-state index in [-0.39, 0.29) is 5.13 Å². The summed E-state index contributed by atoms with van der Waals surface area (Å²) in [7, 11) is 0. The summed E-state index contributed by atoms with van der Waals surface area (Å²) in [6.07, 6.45) is 1.49. The van der Waals surface area contributed by atoms with Gasteiger partial charge in [-0.2, -0.15) is 18.3 Å². The van der Waals surface area contributed by atoms with E-state index in [1.807, 2.05) is 0 Å². The fourth-order valence-corrected chi connectivity index (χ4v) is 2.44. The summed E-state index contributed by atoms with van der Waals surface area (Å²) in [5.74, 6) is 0.638. The van der Waals surface area contributed by atoms with Crippen LogP contribution in [0.2, 0.25) is 0 Å². The van der Waals surface area contributed by atoms with Crippen molar-refractivity contribution in [2.75, 3.05) is 5.32 Å². The van der Waals surface area contributed by atoms with Gasteiger partial charge in [-0.05, 0) is 23.8 Å². The molecule has 5 nitrogen and oxygen atoms in total. The molecule has 0 aromatic carbocycles. The summed E-state index contributed by atoms with van der Waals surface area (Å²) in [5, 5.41) is 7.18. The van der Waals surface area contributed by atoms with Crippen molar-refractivity contribution in [1.82, 2.24) is 19.7 Å². The number of alkyl halides is 3. The van der Waals surface area contributed by atoms with E-state index in [2.05, 4.69) is 20.4 Å². The first-order valence-electron chi connectivity index (χ1n) is 6.24. The average Bonchev–Trinajstić information content (AvgIpc) is 3.16. The average molecular weight is 325 g/mol. The molecule has 3 heterocycles. The molecule has 0 saturated carbocycles. The molecule has 0 atom stereocenters. The van der Waals surface area contributed by atoms with Crippen LogP contribution in [0.25, 0.3) is 5.82 Å². The third-order valence-corrected chi connectivity index (χ3v) is 3.78. The summed E-state index contributed by atoms with van der Waals surface area (Å²) in [4.78, 5) is 7.19. The molecule has 3 rings (SSSR count). The normalized spacial score (nSPS) is 11.6. The third-order valence-electron chi connectivity index (χ3n) is 2.78. The summed E-state index contributed by atoms with van der Waals surface area (Å²) in [6.45, 7) is 0.349. The lowest BCUT2D eigenvalue weighted by molar-refractivity contribution is -0.134. The number of aromatic nitrogens is 4. The number of rotatable bonds is 4. The van der Waals surface area contributed by atoms with E-state index < -0.39 is 11.1 Å².